The van der Waals surface area contributed by atoms with Crippen molar-refractivity contribution in [3.05, 3.63) is 66.1 Å². The molecule has 1 amide bonds. The Morgan fingerprint density at radius 2 is 2.10 bits per heavy atom. The van der Waals surface area contributed by atoms with Crippen LogP contribution in [-0.2, 0) is 11.2 Å². The number of nitrogens with one attached hydrogen (secondary N) is 1. The summed E-state index contributed by atoms with van der Waals surface area (Å²) < 4.78 is 1.89. The summed E-state index contributed by atoms with van der Waals surface area (Å²) in [5.41, 5.74) is 4.10. The van der Waals surface area contributed by atoms with Crippen LogP contribution in [0, 0.1) is 6.92 Å². The number of imidazole rings is 1. The van der Waals surface area contributed by atoms with E-state index >= 15 is 0 Å². The molecule has 3 aromatic rings. The maximum Gasteiger partial charge on any atom is 0.224 e. The number of anilines is 1. The van der Waals surface area contributed by atoms with E-state index in [1.165, 1.54) is 11.1 Å². The fourth-order valence-electron chi connectivity index (χ4n) is 2.36. The second-order valence-electron chi connectivity index (χ2n) is 5.09. The van der Waals surface area contributed by atoms with Crippen LogP contribution in [0.25, 0.3) is 5.65 Å². The van der Waals surface area contributed by atoms with Crippen LogP contribution in [-0.4, -0.2) is 15.3 Å². The highest BCUT2D eigenvalue weighted by atomic mass is 16.1. The van der Waals surface area contributed by atoms with Gasteiger partial charge in [0.1, 0.15) is 5.65 Å². The largest absolute Gasteiger partial charge is 0.325 e. The van der Waals surface area contributed by atoms with E-state index in [2.05, 4.69) is 29.4 Å². The van der Waals surface area contributed by atoms with Crippen LogP contribution in [0.2, 0.25) is 0 Å². The van der Waals surface area contributed by atoms with Gasteiger partial charge in [-0.2, -0.15) is 0 Å². The first-order valence-electron chi connectivity index (χ1n) is 6.99. The zero-order valence-electron chi connectivity index (χ0n) is 11.9. The molecular weight excluding hydrogens is 262 g/mol. The van der Waals surface area contributed by atoms with Gasteiger partial charge in [-0.25, -0.2) is 4.98 Å². The van der Waals surface area contributed by atoms with E-state index in [0.29, 0.717) is 6.42 Å². The van der Waals surface area contributed by atoms with Gasteiger partial charge in [0.25, 0.3) is 0 Å². The van der Waals surface area contributed by atoms with Gasteiger partial charge >= 0.3 is 0 Å². The van der Waals surface area contributed by atoms with Crippen molar-refractivity contribution in [2.75, 3.05) is 5.32 Å². The normalized spacial score (nSPS) is 10.7. The predicted molar refractivity (Wildman–Crippen MR) is 83.3 cm³/mol. The topological polar surface area (TPSA) is 46.4 Å². The molecule has 0 atom stereocenters. The molecule has 4 nitrogen and oxygen atoms in total. The molecule has 4 heteroatoms. The third-order valence-corrected chi connectivity index (χ3v) is 3.56. The smallest absolute Gasteiger partial charge is 0.224 e. The minimum Gasteiger partial charge on any atom is -0.325 e. The van der Waals surface area contributed by atoms with E-state index in [0.717, 1.165) is 17.8 Å². The Balaban J connectivity index is 1.62. The quantitative estimate of drug-likeness (QED) is 0.797. The molecule has 2 heterocycles. The number of nitrogens with zero attached hydrogens (tertiary/aromatic N) is 2. The molecule has 0 bridgehead atoms. The van der Waals surface area contributed by atoms with Crippen molar-refractivity contribution >= 4 is 17.2 Å². The Morgan fingerprint density at radius 1 is 1.24 bits per heavy atom. The van der Waals surface area contributed by atoms with E-state index in [1.54, 1.807) is 6.20 Å². The molecule has 0 unspecified atom stereocenters. The fourth-order valence-corrected chi connectivity index (χ4v) is 2.36. The number of benzene rings is 1. The number of fused-ring (bicyclic) bond motifs is 1. The molecular formula is C17H17N3O. The monoisotopic (exact) mass is 279 g/mol. The molecule has 1 N–H and O–H groups in total. The van der Waals surface area contributed by atoms with Crippen molar-refractivity contribution in [1.29, 1.82) is 0 Å². The van der Waals surface area contributed by atoms with Crippen LogP contribution in [0.15, 0.2) is 55.0 Å². The standard InChI is InChI=1S/C17H17N3O/c1-13-4-2-3-5-14(13)6-9-17(21)19-15-7-8-16-18-10-11-20(16)12-15/h2-5,7-8,10-12H,6,9H2,1H3,(H,19,21). The number of aromatic nitrogens is 2. The van der Waals surface area contributed by atoms with Crippen molar-refractivity contribution in [3.63, 3.8) is 0 Å². The minimum atomic E-state index is 0.0257. The number of pyridine rings is 1. The van der Waals surface area contributed by atoms with Crippen LogP contribution in [0.1, 0.15) is 17.5 Å². The van der Waals surface area contributed by atoms with Gasteiger partial charge in [-0.1, -0.05) is 24.3 Å². The van der Waals surface area contributed by atoms with Crippen LogP contribution in [0.4, 0.5) is 5.69 Å². The lowest BCUT2D eigenvalue weighted by atomic mass is 10.0. The number of rotatable bonds is 4. The van der Waals surface area contributed by atoms with Gasteiger partial charge in [0, 0.05) is 25.0 Å². The van der Waals surface area contributed by atoms with Crippen molar-refractivity contribution in [2.45, 2.75) is 19.8 Å². The van der Waals surface area contributed by atoms with Gasteiger partial charge in [-0.15, -0.1) is 0 Å². The maximum atomic E-state index is 12.0. The van der Waals surface area contributed by atoms with Crippen molar-refractivity contribution in [2.24, 2.45) is 0 Å². The molecule has 0 saturated carbocycles. The molecule has 1 aromatic carbocycles. The van der Waals surface area contributed by atoms with Crippen molar-refractivity contribution in [3.8, 4) is 0 Å². The molecule has 0 aliphatic rings. The Morgan fingerprint density at radius 3 is 2.95 bits per heavy atom. The summed E-state index contributed by atoms with van der Waals surface area (Å²) in [5.74, 6) is 0.0257. The van der Waals surface area contributed by atoms with Crippen molar-refractivity contribution in [1.82, 2.24) is 9.38 Å². The number of hydrogen-bond donors (Lipinski definition) is 1. The summed E-state index contributed by atoms with van der Waals surface area (Å²) >= 11 is 0. The maximum absolute atomic E-state index is 12.0. The Kier molecular flexibility index (Phi) is 3.69. The lowest BCUT2D eigenvalue weighted by Gasteiger charge is -2.07. The molecule has 21 heavy (non-hydrogen) atoms. The second kappa shape index (κ2) is 5.79. The van der Waals surface area contributed by atoms with Crippen molar-refractivity contribution < 1.29 is 4.79 Å². The van der Waals surface area contributed by atoms with Gasteiger partial charge in [0.2, 0.25) is 5.91 Å². The van der Waals surface area contributed by atoms with Gasteiger partial charge in [0.05, 0.1) is 5.69 Å². The van der Waals surface area contributed by atoms with E-state index < -0.39 is 0 Å². The highest BCUT2D eigenvalue weighted by molar-refractivity contribution is 5.90. The molecule has 0 saturated heterocycles. The third kappa shape index (κ3) is 3.11. The molecule has 0 aliphatic carbocycles. The lowest BCUT2D eigenvalue weighted by molar-refractivity contribution is -0.116. The molecule has 3 rings (SSSR count). The molecule has 2 aromatic heterocycles. The number of hydrogen-bond acceptors (Lipinski definition) is 2. The average molecular weight is 279 g/mol. The van der Waals surface area contributed by atoms with Crippen LogP contribution >= 0.6 is 0 Å². The minimum absolute atomic E-state index is 0.0257. The van der Waals surface area contributed by atoms with E-state index in [4.69, 9.17) is 0 Å². The fraction of sp³-hybridized carbons (Fsp3) is 0.176. The van der Waals surface area contributed by atoms with Gasteiger partial charge in [0.15, 0.2) is 0 Å². The highest BCUT2D eigenvalue weighted by Crippen LogP contribution is 2.12. The summed E-state index contributed by atoms with van der Waals surface area (Å²) in [7, 11) is 0. The van der Waals surface area contributed by atoms with E-state index in [1.807, 2.05) is 41.1 Å². The number of carbonyl (C=O) groups excluding carboxylic acids is 1. The van der Waals surface area contributed by atoms with E-state index in [9.17, 15) is 4.79 Å². The summed E-state index contributed by atoms with van der Waals surface area (Å²) in [6.45, 7) is 2.07. The lowest BCUT2D eigenvalue weighted by Crippen LogP contribution is -2.13. The summed E-state index contributed by atoms with van der Waals surface area (Å²) in [4.78, 5) is 16.2. The number of aryl methyl sites for hydroxylation is 2. The Hall–Kier alpha value is -2.62. The zero-order chi connectivity index (χ0) is 14.7. The number of amides is 1. The SMILES string of the molecule is Cc1ccccc1CCC(=O)Nc1ccc2nccn2c1. The second-order valence-corrected chi connectivity index (χ2v) is 5.09. The van der Waals surface area contributed by atoms with Gasteiger partial charge < -0.3 is 9.72 Å². The first kappa shape index (κ1) is 13.4. The summed E-state index contributed by atoms with van der Waals surface area (Å²) in [5, 5.41) is 2.93. The predicted octanol–water partition coefficient (Wildman–Crippen LogP) is 3.21. The zero-order valence-corrected chi connectivity index (χ0v) is 11.9. The first-order chi connectivity index (χ1) is 10.2. The van der Waals surface area contributed by atoms with Crippen LogP contribution in [0.5, 0.6) is 0 Å². The molecule has 0 aliphatic heterocycles. The summed E-state index contributed by atoms with van der Waals surface area (Å²) in [6, 6.07) is 11.9. The molecule has 0 spiro atoms. The molecule has 0 radical (unpaired) electrons. The first-order valence-corrected chi connectivity index (χ1v) is 6.99. The van der Waals surface area contributed by atoms with E-state index in [-0.39, 0.29) is 5.91 Å². The Labute approximate surface area is 123 Å². The molecule has 106 valence electrons. The summed E-state index contributed by atoms with van der Waals surface area (Å²) in [6.07, 6.45) is 6.70. The third-order valence-electron chi connectivity index (χ3n) is 3.56. The van der Waals surface area contributed by atoms with Gasteiger partial charge in [-0.3, -0.25) is 4.79 Å². The molecule has 0 fully saturated rings. The van der Waals surface area contributed by atoms with Crippen LogP contribution in [0.3, 0.4) is 0 Å². The number of carbonyl (C=O) groups is 1. The average Bonchev–Trinajstić information content (AvgIpc) is 2.94. The highest BCUT2D eigenvalue weighted by Gasteiger charge is 2.05. The van der Waals surface area contributed by atoms with Gasteiger partial charge in [-0.05, 0) is 36.6 Å². The Bertz CT molecular complexity index is 776. The van der Waals surface area contributed by atoms with Crippen LogP contribution < -0.4 is 5.32 Å².